The van der Waals surface area contributed by atoms with E-state index >= 15 is 0 Å². The number of nitrogens with zero attached hydrogens (tertiary/aromatic N) is 4. The van der Waals surface area contributed by atoms with Gasteiger partial charge < -0.3 is 16.6 Å². The molecule has 0 bridgehead atoms. The Bertz CT molecular complexity index is 530. The number of fused-ring (bicyclic) bond motifs is 1. The fourth-order valence-electron chi connectivity index (χ4n) is 1.10. The highest BCUT2D eigenvalue weighted by atomic mass is 35.5. The molecule has 2 aromatic rings. The second kappa shape index (κ2) is 3.44. The summed E-state index contributed by atoms with van der Waals surface area (Å²) in [6.45, 7) is -0.328. The van der Waals surface area contributed by atoms with E-state index in [4.69, 9.17) is 28.2 Å². The van der Waals surface area contributed by atoms with Gasteiger partial charge in [-0.15, -0.1) is 0 Å². The molecule has 2 aromatic heterocycles. The Kier molecular flexibility index (Phi) is 2.25. The zero-order valence-electron chi connectivity index (χ0n) is 7.48. The lowest BCUT2D eigenvalue weighted by Crippen LogP contribution is -2.05. The highest BCUT2D eigenvalue weighted by Crippen LogP contribution is 2.19. The van der Waals surface area contributed by atoms with E-state index in [1.165, 1.54) is 0 Å². The van der Waals surface area contributed by atoms with Crippen molar-refractivity contribution in [3.05, 3.63) is 10.8 Å². The molecule has 0 unspecified atom stereocenters. The van der Waals surface area contributed by atoms with Gasteiger partial charge in [0.25, 0.3) is 0 Å². The Labute approximate surface area is 89.1 Å². The van der Waals surface area contributed by atoms with Crippen molar-refractivity contribution in [1.29, 1.82) is 0 Å². The molecule has 7 nitrogen and oxygen atoms in total. The molecule has 0 aliphatic carbocycles. The maximum atomic E-state index is 8.93. The van der Waals surface area contributed by atoms with Gasteiger partial charge in [-0.1, -0.05) is 11.6 Å². The van der Waals surface area contributed by atoms with Gasteiger partial charge >= 0.3 is 0 Å². The molecular formula is C7H7ClN6O. The molecule has 8 heteroatoms. The Morgan fingerprint density at radius 1 is 1.13 bits per heavy atom. The van der Waals surface area contributed by atoms with Crippen molar-refractivity contribution < 1.29 is 5.11 Å². The van der Waals surface area contributed by atoms with E-state index in [9.17, 15) is 0 Å². The SMILES string of the molecule is Nc1nc(N)c2nc(CO)c(Cl)nc2n1. The Morgan fingerprint density at radius 3 is 2.53 bits per heavy atom. The molecule has 2 heterocycles. The quantitative estimate of drug-likeness (QED) is 0.611. The second-order valence-electron chi connectivity index (χ2n) is 2.76. The molecule has 0 aliphatic heterocycles. The van der Waals surface area contributed by atoms with Crippen molar-refractivity contribution in [2.24, 2.45) is 0 Å². The van der Waals surface area contributed by atoms with Crippen molar-refractivity contribution in [2.75, 3.05) is 11.5 Å². The van der Waals surface area contributed by atoms with Crippen molar-refractivity contribution in [2.45, 2.75) is 6.61 Å². The second-order valence-corrected chi connectivity index (χ2v) is 3.12. The number of anilines is 2. The largest absolute Gasteiger partial charge is 0.390 e. The number of hydrogen-bond acceptors (Lipinski definition) is 7. The van der Waals surface area contributed by atoms with Gasteiger partial charge in [0.2, 0.25) is 5.95 Å². The first kappa shape index (κ1) is 9.81. The van der Waals surface area contributed by atoms with Crippen LogP contribution >= 0.6 is 11.6 Å². The van der Waals surface area contributed by atoms with Crippen LogP contribution in [-0.4, -0.2) is 25.0 Å². The number of halogens is 1. The van der Waals surface area contributed by atoms with E-state index in [1.807, 2.05) is 0 Å². The van der Waals surface area contributed by atoms with Crippen LogP contribution in [0.2, 0.25) is 5.15 Å². The molecule has 15 heavy (non-hydrogen) atoms. The third kappa shape index (κ3) is 1.62. The molecule has 0 atom stereocenters. The lowest BCUT2D eigenvalue weighted by atomic mass is 10.4. The summed E-state index contributed by atoms with van der Waals surface area (Å²) in [5.74, 6) is 0.110. The van der Waals surface area contributed by atoms with Crippen molar-refractivity contribution >= 4 is 34.5 Å². The zero-order chi connectivity index (χ0) is 11.0. The predicted molar refractivity (Wildman–Crippen MR) is 54.9 cm³/mol. The average molecular weight is 227 g/mol. The monoisotopic (exact) mass is 226 g/mol. The third-order valence-electron chi connectivity index (χ3n) is 1.75. The fourth-order valence-corrected chi connectivity index (χ4v) is 1.28. The summed E-state index contributed by atoms with van der Waals surface area (Å²) >= 11 is 5.73. The van der Waals surface area contributed by atoms with E-state index in [0.29, 0.717) is 0 Å². The van der Waals surface area contributed by atoms with Gasteiger partial charge in [0, 0.05) is 0 Å². The summed E-state index contributed by atoms with van der Waals surface area (Å²) in [5.41, 5.74) is 11.7. The highest BCUT2D eigenvalue weighted by molar-refractivity contribution is 6.30. The number of nitrogens with two attached hydrogens (primary N) is 2. The normalized spacial score (nSPS) is 10.8. The summed E-state index contributed by atoms with van der Waals surface area (Å²) < 4.78 is 0. The van der Waals surface area contributed by atoms with Crippen LogP contribution in [0.4, 0.5) is 11.8 Å². The zero-order valence-corrected chi connectivity index (χ0v) is 8.23. The lowest BCUT2D eigenvalue weighted by Gasteiger charge is -2.03. The molecule has 0 saturated carbocycles. The molecule has 5 N–H and O–H groups in total. The first-order chi connectivity index (χ1) is 7.11. The summed E-state index contributed by atoms with van der Waals surface area (Å²) in [6, 6.07) is 0. The number of aliphatic hydroxyl groups excluding tert-OH is 1. The number of nitrogen functional groups attached to an aromatic ring is 2. The predicted octanol–water partition coefficient (Wildman–Crippen LogP) is -0.270. The molecule has 0 aliphatic rings. The summed E-state index contributed by atoms with van der Waals surface area (Å²) in [7, 11) is 0. The number of aliphatic hydroxyl groups is 1. The van der Waals surface area contributed by atoms with E-state index in [2.05, 4.69) is 19.9 Å². The summed E-state index contributed by atoms with van der Waals surface area (Å²) in [4.78, 5) is 15.4. The Balaban J connectivity index is 2.81. The topological polar surface area (TPSA) is 124 Å². The lowest BCUT2D eigenvalue weighted by molar-refractivity contribution is 0.277. The number of rotatable bonds is 1. The van der Waals surface area contributed by atoms with E-state index in [-0.39, 0.29) is 40.4 Å². The Hall–Kier alpha value is -1.73. The van der Waals surface area contributed by atoms with Gasteiger partial charge in [-0.25, -0.2) is 9.97 Å². The van der Waals surface area contributed by atoms with Crippen LogP contribution in [0.15, 0.2) is 0 Å². The Morgan fingerprint density at radius 2 is 1.87 bits per heavy atom. The van der Waals surface area contributed by atoms with Crippen LogP contribution in [0.3, 0.4) is 0 Å². The van der Waals surface area contributed by atoms with Crippen LogP contribution in [0.1, 0.15) is 5.69 Å². The van der Waals surface area contributed by atoms with Crippen molar-refractivity contribution in [3.63, 3.8) is 0 Å². The van der Waals surface area contributed by atoms with Crippen LogP contribution in [0.25, 0.3) is 11.2 Å². The molecule has 0 amide bonds. The van der Waals surface area contributed by atoms with E-state index in [1.54, 1.807) is 0 Å². The maximum absolute atomic E-state index is 8.93. The maximum Gasteiger partial charge on any atom is 0.224 e. The van der Waals surface area contributed by atoms with Gasteiger partial charge in [-0.2, -0.15) is 9.97 Å². The van der Waals surface area contributed by atoms with Gasteiger partial charge in [0.1, 0.15) is 5.69 Å². The van der Waals surface area contributed by atoms with Crippen LogP contribution < -0.4 is 11.5 Å². The van der Waals surface area contributed by atoms with Crippen molar-refractivity contribution in [3.8, 4) is 0 Å². The fraction of sp³-hybridized carbons (Fsp3) is 0.143. The molecule has 0 saturated heterocycles. The highest BCUT2D eigenvalue weighted by Gasteiger charge is 2.10. The van der Waals surface area contributed by atoms with Crippen LogP contribution in [-0.2, 0) is 6.61 Å². The van der Waals surface area contributed by atoms with Gasteiger partial charge in [-0.3, -0.25) is 0 Å². The first-order valence-electron chi connectivity index (χ1n) is 3.97. The van der Waals surface area contributed by atoms with Crippen LogP contribution in [0.5, 0.6) is 0 Å². The van der Waals surface area contributed by atoms with Gasteiger partial charge in [-0.05, 0) is 0 Å². The molecular weight excluding hydrogens is 220 g/mol. The number of hydrogen-bond donors (Lipinski definition) is 3. The molecule has 0 radical (unpaired) electrons. The molecule has 78 valence electrons. The molecule has 0 spiro atoms. The van der Waals surface area contributed by atoms with Gasteiger partial charge in [0.05, 0.1) is 6.61 Å². The minimum absolute atomic E-state index is 0.00196. The molecule has 2 rings (SSSR count). The average Bonchev–Trinajstić information content (AvgIpc) is 2.16. The third-order valence-corrected chi connectivity index (χ3v) is 2.05. The van der Waals surface area contributed by atoms with Gasteiger partial charge in [0.15, 0.2) is 22.1 Å². The standard InChI is InChI=1S/C7H7ClN6O/c8-4-2(1-15)11-3-5(9)13-7(10)14-6(3)12-4/h15H,1H2,(H4,9,10,12,13,14). The minimum atomic E-state index is -0.328. The number of aromatic nitrogens is 4. The smallest absolute Gasteiger partial charge is 0.224 e. The summed E-state index contributed by atoms with van der Waals surface area (Å²) in [5, 5.41) is 9.00. The minimum Gasteiger partial charge on any atom is -0.390 e. The van der Waals surface area contributed by atoms with Crippen LogP contribution in [0, 0.1) is 0 Å². The van der Waals surface area contributed by atoms with E-state index < -0.39 is 0 Å². The molecule has 0 fully saturated rings. The van der Waals surface area contributed by atoms with Crippen molar-refractivity contribution in [1.82, 2.24) is 19.9 Å². The summed E-state index contributed by atoms with van der Waals surface area (Å²) in [6.07, 6.45) is 0. The first-order valence-corrected chi connectivity index (χ1v) is 4.35. The van der Waals surface area contributed by atoms with E-state index in [0.717, 1.165) is 0 Å². The molecule has 0 aromatic carbocycles.